The normalized spacial score (nSPS) is 16.8. The summed E-state index contributed by atoms with van der Waals surface area (Å²) in [5.41, 5.74) is 7.35. The maximum atomic E-state index is 13.2. The number of allylic oxidation sites excluding steroid dienone is 2. The van der Waals surface area contributed by atoms with Crippen molar-refractivity contribution in [2.45, 2.75) is 66.3 Å². The Morgan fingerprint density at radius 2 is 1.77 bits per heavy atom. The highest BCUT2D eigenvalue weighted by Gasteiger charge is 2.31. The fraction of sp³-hybridized carbons (Fsp3) is 0.314. The molecule has 1 unspecified atom stereocenters. The zero-order valence-corrected chi connectivity index (χ0v) is 27.9. The lowest BCUT2D eigenvalue weighted by molar-refractivity contribution is -0.274. The monoisotopic (exact) mass is 662 g/mol. The lowest BCUT2D eigenvalue weighted by Crippen LogP contribution is -2.42. The van der Waals surface area contributed by atoms with Crippen LogP contribution in [0.2, 0.25) is 0 Å². The number of hydrogen-bond acceptors (Lipinski definition) is 5. The minimum atomic E-state index is -4.76. The highest BCUT2D eigenvalue weighted by molar-refractivity contribution is 8.14. The van der Waals surface area contributed by atoms with E-state index in [1.165, 1.54) is 46.4 Å². The van der Waals surface area contributed by atoms with Crippen LogP contribution >= 0.6 is 11.8 Å². The number of nitrogens with one attached hydrogen (secondary N) is 1. The van der Waals surface area contributed by atoms with Crippen molar-refractivity contribution >= 4 is 34.2 Å². The van der Waals surface area contributed by atoms with Crippen molar-refractivity contribution < 1.29 is 22.7 Å². The van der Waals surface area contributed by atoms with E-state index in [9.17, 15) is 18.0 Å². The number of halogens is 3. The highest BCUT2D eigenvalue weighted by Crippen LogP contribution is 2.36. The van der Waals surface area contributed by atoms with E-state index < -0.39 is 12.4 Å². The Bertz CT molecular complexity index is 1800. The molecule has 1 aliphatic heterocycles. The molecule has 2 amide bonds. The van der Waals surface area contributed by atoms with Crippen LogP contribution in [0.15, 0.2) is 83.7 Å². The molecule has 0 aliphatic carbocycles. The van der Waals surface area contributed by atoms with E-state index in [0.29, 0.717) is 28.3 Å². The van der Waals surface area contributed by atoms with Crippen LogP contribution in [-0.2, 0) is 0 Å². The second-order valence-electron chi connectivity index (χ2n) is 11.7. The number of urea groups is 1. The van der Waals surface area contributed by atoms with Crippen LogP contribution in [0.4, 0.5) is 23.7 Å². The molecule has 3 aromatic carbocycles. The van der Waals surface area contributed by atoms with Gasteiger partial charge in [0.05, 0.1) is 5.69 Å². The Hall–Kier alpha value is -4.58. The molecule has 1 saturated heterocycles. The summed E-state index contributed by atoms with van der Waals surface area (Å²) in [7, 11) is 0. The van der Waals surface area contributed by atoms with Crippen molar-refractivity contribution in [1.82, 2.24) is 20.1 Å². The Morgan fingerprint density at radius 1 is 1.06 bits per heavy atom. The first-order chi connectivity index (χ1) is 22.3. The number of amidine groups is 1. The number of benzene rings is 3. The van der Waals surface area contributed by atoms with Gasteiger partial charge in [-0.3, -0.25) is 0 Å². The second-order valence-corrected chi connectivity index (χ2v) is 12.8. The van der Waals surface area contributed by atoms with Crippen LogP contribution < -0.4 is 15.0 Å². The van der Waals surface area contributed by atoms with E-state index in [1.807, 2.05) is 38.1 Å². The summed E-state index contributed by atoms with van der Waals surface area (Å²) in [4.78, 5) is 24.3. The van der Waals surface area contributed by atoms with E-state index >= 15 is 0 Å². The molecule has 1 atom stereocenters. The minimum absolute atomic E-state index is 0.207. The molecule has 1 fully saturated rings. The average molecular weight is 663 g/mol. The van der Waals surface area contributed by atoms with Crippen molar-refractivity contribution in [3.63, 3.8) is 0 Å². The maximum Gasteiger partial charge on any atom is 0.573 e. The number of aryl methyl sites for hydroxylation is 1. The molecule has 47 heavy (non-hydrogen) atoms. The molecule has 1 aromatic heterocycles. The molecule has 1 N–H and O–H groups in total. The summed E-state index contributed by atoms with van der Waals surface area (Å²) in [5, 5.41) is 8.12. The molecule has 12 heteroatoms. The molecule has 4 aromatic rings. The van der Waals surface area contributed by atoms with Gasteiger partial charge in [0, 0.05) is 28.7 Å². The maximum absolute atomic E-state index is 13.2. The third kappa shape index (κ3) is 8.05. The standard InChI is InChI=1S/C35H37F3N6O2S/c1-21(2)31-22(3)8-7-9-30(31)44-23(4)18-19-47-34(44)41-33(45)40-25(6)24(5)26-10-12-27(13-11-26)32-39-20-43(42-32)28-14-16-29(17-15-28)46-35(36,37)38/h7-17,20-21,23H,18-19H2,1-6H3,(H,40,45)/b25-24+,41-34?. The number of hydrogen-bond donors (Lipinski definition) is 1. The summed E-state index contributed by atoms with van der Waals surface area (Å²) >= 11 is 1.60. The van der Waals surface area contributed by atoms with Crippen molar-refractivity contribution in [1.29, 1.82) is 0 Å². The average Bonchev–Trinajstić information content (AvgIpc) is 3.50. The van der Waals surface area contributed by atoms with Crippen LogP contribution in [0.3, 0.4) is 0 Å². The summed E-state index contributed by atoms with van der Waals surface area (Å²) < 4.78 is 42.8. The highest BCUT2D eigenvalue weighted by atomic mass is 32.2. The number of aliphatic imine (C=N–C) groups is 1. The van der Waals surface area contributed by atoms with Gasteiger partial charge in [0.25, 0.3) is 0 Å². The first kappa shape index (κ1) is 33.8. The number of carbonyl (C=O) groups is 1. The SMILES string of the molecule is C/C(NC(=O)N=C1SCCC(C)N1c1cccc(C)c1C(C)C)=C(/C)c1ccc(-c2ncn(-c3ccc(OC(F)(F)F)cc3)n2)cc1. The second kappa shape index (κ2) is 14.0. The fourth-order valence-electron chi connectivity index (χ4n) is 5.54. The van der Waals surface area contributed by atoms with Crippen molar-refractivity contribution in [3.05, 3.63) is 95.4 Å². The van der Waals surface area contributed by atoms with Gasteiger partial charge in [-0.2, -0.15) is 4.99 Å². The van der Waals surface area contributed by atoms with E-state index in [1.54, 1.807) is 11.8 Å². The first-order valence-corrected chi connectivity index (χ1v) is 16.3. The van der Waals surface area contributed by atoms with Crippen LogP contribution in [0.5, 0.6) is 5.75 Å². The van der Waals surface area contributed by atoms with Crippen LogP contribution in [0.1, 0.15) is 63.6 Å². The van der Waals surface area contributed by atoms with Gasteiger partial charge < -0.3 is 15.0 Å². The van der Waals surface area contributed by atoms with Gasteiger partial charge >= 0.3 is 12.4 Å². The lowest BCUT2D eigenvalue weighted by Gasteiger charge is -2.37. The fourth-order valence-corrected chi connectivity index (χ4v) is 6.74. The molecule has 1 aliphatic rings. The quantitative estimate of drug-likeness (QED) is 0.213. The molecule has 246 valence electrons. The number of carbonyl (C=O) groups excluding carboxylic acids is 1. The van der Waals surface area contributed by atoms with Crippen molar-refractivity contribution in [3.8, 4) is 22.8 Å². The van der Waals surface area contributed by atoms with E-state index in [2.05, 4.69) is 75.9 Å². The molecule has 0 saturated carbocycles. The molecule has 2 heterocycles. The van der Waals surface area contributed by atoms with Crippen molar-refractivity contribution in [2.24, 2.45) is 4.99 Å². The summed E-state index contributed by atoms with van der Waals surface area (Å²) in [5.74, 6) is 1.36. The third-order valence-electron chi connectivity index (χ3n) is 8.01. The largest absolute Gasteiger partial charge is 0.573 e. The third-order valence-corrected chi connectivity index (χ3v) is 8.99. The van der Waals surface area contributed by atoms with Crippen LogP contribution in [0.25, 0.3) is 22.6 Å². The minimum Gasteiger partial charge on any atom is -0.406 e. The first-order valence-electron chi connectivity index (χ1n) is 15.3. The molecule has 8 nitrogen and oxygen atoms in total. The van der Waals surface area contributed by atoms with Crippen molar-refractivity contribution in [2.75, 3.05) is 10.7 Å². The van der Waals surface area contributed by atoms with E-state index in [4.69, 9.17) is 0 Å². The number of rotatable bonds is 7. The molecular formula is C35H37F3N6O2S. The number of thioether (sulfide) groups is 1. The summed E-state index contributed by atoms with van der Waals surface area (Å²) in [6, 6.07) is 19.0. The lowest BCUT2D eigenvalue weighted by atomic mass is 9.95. The zero-order valence-electron chi connectivity index (χ0n) is 27.1. The zero-order chi connectivity index (χ0) is 33.9. The number of nitrogens with zero attached hydrogens (tertiary/aromatic N) is 5. The van der Waals surface area contributed by atoms with Gasteiger partial charge in [-0.15, -0.1) is 18.3 Å². The van der Waals surface area contributed by atoms with Gasteiger partial charge in [0.15, 0.2) is 11.0 Å². The molecular weight excluding hydrogens is 625 g/mol. The Kier molecular flexibility index (Phi) is 10.1. The van der Waals surface area contributed by atoms with E-state index in [0.717, 1.165) is 34.6 Å². The van der Waals surface area contributed by atoms with Gasteiger partial charge in [-0.1, -0.05) is 62.0 Å². The number of alkyl halides is 3. The number of anilines is 1. The Balaban J connectivity index is 1.29. The molecule has 0 spiro atoms. The number of ether oxygens (including phenoxy) is 1. The molecule has 0 bridgehead atoms. The predicted molar refractivity (Wildman–Crippen MR) is 182 cm³/mol. The number of amides is 2. The molecule has 0 radical (unpaired) electrons. The van der Waals surface area contributed by atoms with Crippen LogP contribution in [0, 0.1) is 6.92 Å². The summed E-state index contributed by atoms with van der Waals surface area (Å²) in [6.45, 7) is 12.5. The predicted octanol–water partition coefficient (Wildman–Crippen LogP) is 9.11. The van der Waals surface area contributed by atoms with Gasteiger partial charge in [0.1, 0.15) is 12.1 Å². The summed E-state index contributed by atoms with van der Waals surface area (Å²) in [6.07, 6.45) is -2.27. The Labute approximate surface area is 276 Å². The Morgan fingerprint density at radius 3 is 2.43 bits per heavy atom. The van der Waals surface area contributed by atoms with E-state index in [-0.39, 0.29) is 11.8 Å². The topological polar surface area (TPSA) is 84.6 Å². The van der Waals surface area contributed by atoms with Gasteiger partial charge in [0.2, 0.25) is 0 Å². The number of aromatic nitrogens is 3. The van der Waals surface area contributed by atoms with Gasteiger partial charge in [-0.25, -0.2) is 14.5 Å². The molecule has 5 rings (SSSR count). The van der Waals surface area contributed by atoms with Gasteiger partial charge in [-0.05, 0) is 92.6 Å². The smallest absolute Gasteiger partial charge is 0.406 e. The van der Waals surface area contributed by atoms with Crippen LogP contribution in [-0.4, -0.2) is 44.1 Å².